The van der Waals surface area contributed by atoms with Crippen molar-refractivity contribution in [3.63, 3.8) is 0 Å². The molecule has 8 aromatic rings. The van der Waals surface area contributed by atoms with Crippen LogP contribution in [-0.2, 0) is 35.3 Å². The summed E-state index contributed by atoms with van der Waals surface area (Å²) in [5.74, 6) is -0.868. The fourth-order valence-electron chi connectivity index (χ4n) is 10.4. The summed E-state index contributed by atoms with van der Waals surface area (Å²) in [4.78, 5) is 31.4. The van der Waals surface area contributed by atoms with Gasteiger partial charge in [-0.25, -0.2) is 0 Å². The van der Waals surface area contributed by atoms with Gasteiger partial charge < -0.3 is 20.8 Å². The molecule has 65 heavy (non-hydrogen) atoms. The summed E-state index contributed by atoms with van der Waals surface area (Å²) in [6.07, 6.45) is 2.96. The van der Waals surface area contributed by atoms with Crippen LogP contribution in [0.25, 0.3) is 21.5 Å². The minimum absolute atomic E-state index is 0.241. The Morgan fingerprint density at radius 1 is 0.415 bits per heavy atom. The molecule has 6 nitrogen and oxygen atoms in total. The molecule has 0 aliphatic heterocycles. The average molecular weight is 857 g/mol. The fourth-order valence-corrected chi connectivity index (χ4v) is 10.4. The SMILES string of the molecule is O=C(N[C@@H](c1cccc2ccccc12)C(O)(Cc1ccccc1)Cc1ccccc1)C1(C(=O)N[C@@H](c2cccc3ccccc23)C(O)(Cc2ccccc2)Cc2ccccc2)CCCC1. The number of amides is 2. The van der Waals surface area contributed by atoms with E-state index >= 15 is 9.59 Å². The molecule has 1 aliphatic carbocycles. The maximum atomic E-state index is 15.7. The number of carbonyl (C=O) groups is 2. The van der Waals surface area contributed by atoms with Crippen LogP contribution in [0, 0.1) is 5.41 Å². The molecule has 0 saturated heterocycles. The van der Waals surface area contributed by atoms with Gasteiger partial charge in [-0.05, 0) is 67.8 Å². The van der Waals surface area contributed by atoms with Crippen molar-refractivity contribution >= 4 is 33.4 Å². The second-order valence-electron chi connectivity index (χ2n) is 18.1. The molecular weight excluding hydrogens is 801 g/mol. The van der Waals surface area contributed by atoms with E-state index in [4.69, 9.17) is 0 Å². The molecule has 326 valence electrons. The second kappa shape index (κ2) is 19.1. The predicted molar refractivity (Wildman–Crippen MR) is 261 cm³/mol. The van der Waals surface area contributed by atoms with E-state index in [0.29, 0.717) is 25.7 Å². The quantitative estimate of drug-likeness (QED) is 0.0728. The standard InChI is InChI=1S/C59H56N2O4/c62-55(60-53(51-35-19-31-47-29-13-15-33-49(47)51)58(64,39-43-21-5-1-6-22-43)40-44-23-7-2-8-24-44)57(37-17-18-38-57)56(63)61-54(52-36-20-32-48-30-14-16-34-50(48)52)59(65,41-45-25-9-3-10-26-45)42-46-27-11-4-12-28-46/h1-16,19-36,53-54,64-65H,17-18,37-42H2,(H,60,62)(H,61,63)/t53-,54-/m0/s1. The van der Waals surface area contributed by atoms with Gasteiger partial charge >= 0.3 is 0 Å². The van der Waals surface area contributed by atoms with Crippen LogP contribution < -0.4 is 10.6 Å². The summed E-state index contributed by atoms with van der Waals surface area (Å²) in [5.41, 5.74) is 0.681. The monoisotopic (exact) mass is 856 g/mol. The number of hydrogen-bond acceptors (Lipinski definition) is 4. The zero-order valence-electron chi connectivity index (χ0n) is 36.7. The van der Waals surface area contributed by atoms with Crippen LogP contribution in [0.3, 0.4) is 0 Å². The minimum atomic E-state index is -1.53. The topological polar surface area (TPSA) is 98.7 Å². The normalized spacial score (nSPS) is 14.7. The molecule has 0 radical (unpaired) electrons. The van der Waals surface area contributed by atoms with Crippen molar-refractivity contribution in [2.24, 2.45) is 5.41 Å². The first kappa shape index (κ1) is 43.4. The Labute approximate surface area is 382 Å². The van der Waals surface area contributed by atoms with Crippen molar-refractivity contribution in [1.29, 1.82) is 0 Å². The first-order valence-corrected chi connectivity index (χ1v) is 22.9. The Balaban J connectivity index is 1.16. The zero-order valence-corrected chi connectivity index (χ0v) is 36.7. The molecule has 1 saturated carbocycles. The van der Waals surface area contributed by atoms with Gasteiger partial charge in [-0.3, -0.25) is 9.59 Å². The largest absolute Gasteiger partial charge is 0.387 e. The third-order valence-electron chi connectivity index (χ3n) is 13.6. The molecule has 6 heteroatoms. The van der Waals surface area contributed by atoms with E-state index in [9.17, 15) is 10.2 Å². The lowest BCUT2D eigenvalue weighted by Crippen LogP contribution is -2.58. The molecule has 0 unspecified atom stereocenters. The van der Waals surface area contributed by atoms with Crippen molar-refractivity contribution in [1.82, 2.24) is 10.6 Å². The number of fused-ring (bicyclic) bond motifs is 2. The molecule has 0 heterocycles. The Hall–Kier alpha value is -6.86. The lowest BCUT2D eigenvalue weighted by molar-refractivity contribution is -0.147. The van der Waals surface area contributed by atoms with Crippen LogP contribution in [-0.4, -0.2) is 33.2 Å². The summed E-state index contributed by atoms with van der Waals surface area (Å²) in [5, 5.41) is 37.5. The van der Waals surface area contributed by atoms with E-state index in [0.717, 1.165) is 54.9 Å². The number of benzene rings is 8. The zero-order chi connectivity index (χ0) is 44.7. The van der Waals surface area contributed by atoms with Crippen LogP contribution in [0.5, 0.6) is 0 Å². The first-order chi connectivity index (χ1) is 31.7. The molecule has 8 aromatic carbocycles. The number of carbonyl (C=O) groups excluding carboxylic acids is 2. The van der Waals surface area contributed by atoms with Gasteiger partial charge in [-0.1, -0.05) is 219 Å². The Bertz CT molecular complexity index is 2570. The van der Waals surface area contributed by atoms with E-state index < -0.39 is 40.5 Å². The Morgan fingerprint density at radius 3 is 1.05 bits per heavy atom. The van der Waals surface area contributed by atoms with Crippen LogP contribution in [0.1, 0.15) is 71.1 Å². The van der Waals surface area contributed by atoms with E-state index in [-0.39, 0.29) is 25.7 Å². The Kier molecular flexibility index (Phi) is 12.7. The summed E-state index contributed by atoms with van der Waals surface area (Å²) in [7, 11) is 0. The summed E-state index contributed by atoms with van der Waals surface area (Å²) in [6, 6.07) is 65.8. The minimum Gasteiger partial charge on any atom is -0.387 e. The van der Waals surface area contributed by atoms with Crippen molar-refractivity contribution < 1.29 is 19.8 Å². The maximum absolute atomic E-state index is 15.7. The molecule has 0 spiro atoms. The molecule has 2 atom stereocenters. The van der Waals surface area contributed by atoms with Crippen molar-refractivity contribution in [3.05, 3.63) is 240 Å². The first-order valence-electron chi connectivity index (χ1n) is 22.9. The lowest BCUT2D eigenvalue weighted by atomic mass is 9.75. The van der Waals surface area contributed by atoms with Crippen LogP contribution in [0.2, 0.25) is 0 Å². The smallest absolute Gasteiger partial charge is 0.236 e. The van der Waals surface area contributed by atoms with Gasteiger partial charge in [0.1, 0.15) is 5.41 Å². The Morgan fingerprint density at radius 2 is 0.708 bits per heavy atom. The van der Waals surface area contributed by atoms with E-state index in [2.05, 4.69) is 10.6 Å². The second-order valence-corrected chi connectivity index (χ2v) is 18.1. The van der Waals surface area contributed by atoms with Gasteiger partial charge in [0.15, 0.2) is 0 Å². The van der Waals surface area contributed by atoms with E-state index in [1.165, 1.54) is 0 Å². The number of nitrogens with one attached hydrogen (secondary N) is 2. The van der Waals surface area contributed by atoms with Crippen molar-refractivity contribution in [3.8, 4) is 0 Å². The van der Waals surface area contributed by atoms with E-state index in [1.807, 2.05) is 206 Å². The van der Waals surface area contributed by atoms with Gasteiger partial charge in [0.2, 0.25) is 11.8 Å². The molecule has 2 amide bonds. The molecule has 1 aliphatic rings. The highest BCUT2D eigenvalue weighted by atomic mass is 16.3. The van der Waals surface area contributed by atoms with Gasteiger partial charge in [0.05, 0.1) is 23.3 Å². The van der Waals surface area contributed by atoms with Crippen LogP contribution in [0.4, 0.5) is 0 Å². The summed E-state index contributed by atoms with van der Waals surface area (Å²) in [6.45, 7) is 0. The highest BCUT2D eigenvalue weighted by Gasteiger charge is 2.52. The third kappa shape index (κ3) is 9.37. The molecule has 1 fully saturated rings. The van der Waals surface area contributed by atoms with Crippen molar-refractivity contribution in [2.45, 2.75) is 74.7 Å². The van der Waals surface area contributed by atoms with Gasteiger partial charge in [0.25, 0.3) is 0 Å². The van der Waals surface area contributed by atoms with E-state index in [1.54, 1.807) is 0 Å². The number of hydrogen-bond donors (Lipinski definition) is 4. The average Bonchev–Trinajstić information content (AvgIpc) is 3.85. The van der Waals surface area contributed by atoms with Gasteiger partial charge in [0, 0.05) is 25.7 Å². The molecule has 0 bridgehead atoms. The lowest BCUT2D eigenvalue weighted by Gasteiger charge is -2.42. The molecular formula is C59H56N2O4. The van der Waals surface area contributed by atoms with Gasteiger partial charge in [-0.2, -0.15) is 0 Å². The third-order valence-corrected chi connectivity index (χ3v) is 13.6. The highest BCUT2D eigenvalue weighted by molar-refractivity contribution is 6.06. The van der Waals surface area contributed by atoms with Crippen molar-refractivity contribution in [2.75, 3.05) is 0 Å². The van der Waals surface area contributed by atoms with Crippen LogP contribution in [0.15, 0.2) is 206 Å². The molecule has 4 N–H and O–H groups in total. The van der Waals surface area contributed by atoms with Crippen LogP contribution >= 0.6 is 0 Å². The van der Waals surface area contributed by atoms with Gasteiger partial charge in [-0.15, -0.1) is 0 Å². The molecule has 9 rings (SSSR count). The molecule has 0 aromatic heterocycles. The highest BCUT2D eigenvalue weighted by Crippen LogP contribution is 2.44. The number of rotatable bonds is 16. The number of aliphatic hydroxyl groups is 2. The summed E-state index contributed by atoms with van der Waals surface area (Å²) < 4.78 is 0. The maximum Gasteiger partial charge on any atom is 0.236 e. The predicted octanol–water partition coefficient (Wildman–Crippen LogP) is 11.0. The fraction of sp³-hybridized carbons (Fsp3) is 0.220. The summed E-state index contributed by atoms with van der Waals surface area (Å²) >= 11 is 0.